The van der Waals surface area contributed by atoms with Gasteiger partial charge in [0.1, 0.15) is 0 Å². The number of rotatable bonds is 4. The topological polar surface area (TPSA) is 52.6 Å². The first-order chi connectivity index (χ1) is 6.34. The molecule has 0 spiro atoms. The lowest BCUT2D eigenvalue weighted by Crippen LogP contribution is -2.06. The number of carbonyl (C=O) groups is 2. The number of esters is 1. The van der Waals surface area contributed by atoms with Crippen molar-refractivity contribution in [2.45, 2.75) is 12.8 Å². The van der Waals surface area contributed by atoms with E-state index in [0.717, 1.165) is 12.8 Å². The summed E-state index contributed by atoms with van der Waals surface area (Å²) >= 11 is 0. The van der Waals surface area contributed by atoms with Gasteiger partial charge in [0.2, 0.25) is 0 Å². The van der Waals surface area contributed by atoms with Crippen molar-refractivity contribution in [1.82, 2.24) is 0 Å². The van der Waals surface area contributed by atoms with Crippen LogP contribution in [-0.2, 0) is 19.1 Å². The summed E-state index contributed by atoms with van der Waals surface area (Å²) in [6, 6.07) is 0. The summed E-state index contributed by atoms with van der Waals surface area (Å²) in [6.45, 7) is 0.451. The predicted octanol–water partition coefficient (Wildman–Crippen LogP) is 0.116. The Morgan fingerprint density at radius 2 is 2.08 bits per heavy atom. The molecular weight excluding hydrogens is 172 g/mol. The smallest absolute Gasteiger partial charge is 0.309 e. The van der Waals surface area contributed by atoms with Gasteiger partial charge in [-0.15, -0.1) is 0 Å². The van der Waals surface area contributed by atoms with E-state index in [1.165, 1.54) is 0 Å². The second-order valence-electron chi connectivity index (χ2n) is 2.64. The molecule has 70 valence electrons. The third-order valence-corrected chi connectivity index (χ3v) is 1.55. The molecule has 1 rings (SSSR count). The highest BCUT2D eigenvalue weighted by Crippen LogP contribution is 2.29. The summed E-state index contributed by atoms with van der Waals surface area (Å²) in [5.74, 6) is 5.01. The van der Waals surface area contributed by atoms with E-state index in [-0.39, 0.29) is 25.1 Å². The van der Waals surface area contributed by atoms with E-state index in [2.05, 4.69) is 16.6 Å². The van der Waals surface area contributed by atoms with Crippen molar-refractivity contribution in [3.63, 3.8) is 0 Å². The van der Waals surface area contributed by atoms with Gasteiger partial charge in [-0.05, 0) is 12.8 Å². The highest BCUT2D eigenvalue weighted by Gasteiger charge is 2.30. The molecule has 0 unspecified atom stereocenters. The normalized spacial score (nSPS) is 13.8. The van der Waals surface area contributed by atoms with Crippen LogP contribution >= 0.6 is 0 Å². The Morgan fingerprint density at radius 3 is 2.69 bits per heavy atom. The highest BCUT2D eigenvalue weighted by molar-refractivity contribution is 5.75. The van der Waals surface area contributed by atoms with Gasteiger partial charge < -0.3 is 9.47 Å². The van der Waals surface area contributed by atoms with Gasteiger partial charge >= 0.3 is 5.97 Å². The van der Waals surface area contributed by atoms with Crippen LogP contribution < -0.4 is 0 Å². The molecule has 0 aliphatic heterocycles. The lowest BCUT2D eigenvalue weighted by molar-refractivity contribution is -0.143. The van der Waals surface area contributed by atoms with Crippen LogP contribution in [0.5, 0.6) is 0 Å². The van der Waals surface area contributed by atoms with Crippen LogP contribution in [0.4, 0.5) is 0 Å². The minimum Gasteiger partial charge on any atom is -0.455 e. The van der Waals surface area contributed by atoms with Gasteiger partial charge in [0.05, 0.1) is 5.92 Å². The van der Waals surface area contributed by atoms with Crippen molar-refractivity contribution in [2.24, 2.45) is 5.92 Å². The maximum atomic E-state index is 10.9. The summed E-state index contributed by atoms with van der Waals surface area (Å²) in [6.07, 6.45) is 1.86. The Bertz CT molecular complexity index is 244. The Morgan fingerprint density at radius 1 is 1.38 bits per heavy atom. The molecule has 4 heteroatoms. The Hall–Kier alpha value is -1.50. The molecule has 0 amide bonds. The van der Waals surface area contributed by atoms with Crippen LogP contribution in [0.25, 0.3) is 0 Å². The minimum absolute atomic E-state index is 0.0461. The highest BCUT2D eigenvalue weighted by atomic mass is 16.5. The molecule has 0 atom stereocenters. The first-order valence-electron chi connectivity index (χ1n) is 4.02. The van der Waals surface area contributed by atoms with Gasteiger partial charge in [-0.25, -0.2) is 0 Å². The van der Waals surface area contributed by atoms with Crippen LogP contribution in [0.15, 0.2) is 0 Å². The quantitative estimate of drug-likeness (QED) is 0.268. The molecule has 0 N–H and O–H groups in total. The van der Waals surface area contributed by atoms with Crippen LogP contribution in [0.3, 0.4) is 0 Å². The Kier molecular flexibility index (Phi) is 3.83. The molecule has 13 heavy (non-hydrogen) atoms. The van der Waals surface area contributed by atoms with Crippen molar-refractivity contribution in [2.75, 3.05) is 13.2 Å². The van der Waals surface area contributed by atoms with Crippen LogP contribution in [0.1, 0.15) is 12.8 Å². The number of ether oxygens (including phenoxy) is 2. The molecule has 4 nitrogen and oxygen atoms in total. The molecule has 0 aromatic carbocycles. The molecule has 0 heterocycles. The SMILES string of the molecule is O=COCC#CCOC(=O)C1CC1. The average Bonchev–Trinajstić information content (AvgIpc) is 2.93. The molecule has 0 radical (unpaired) electrons. The van der Waals surface area contributed by atoms with Crippen molar-refractivity contribution in [3.8, 4) is 11.8 Å². The van der Waals surface area contributed by atoms with Gasteiger partial charge in [0.15, 0.2) is 13.2 Å². The summed E-state index contributed by atoms with van der Waals surface area (Å²) in [4.78, 5) is 20.6. The maximum absolute atomic E-state index is 10.9. The molecule has 0 aromatic rings. The lowest BCUT2D eigenvalue weighted by atomic mass is 10.4. The number of hydrogen-bond acceptors (Lipinski definition) is 4. The number of hydrogen-bond donors (Lipinski definition) is 0. The minimum atomic E-state index is -0.175. The zero-order chi connectivity index (χ0) is 9.52. The van der Waals surface area contributed by atoms with Gasteiger partial charge in [-0.2, -0.15) is 0 Å². The fraction of sp³-hybridized carbons (Fsp3) is 0.556. The van der Waals surface area contributed by atoms with Crippen molar-refractivity contribution >= 4 is 12.4 Å². The molecular formula is C9H10O4. The molecule has 0 bridgehead atoms. The summed E-state index contributed by atoms with van der Waals surface area (Å²) in [5, 5.41) is 0. The molecule has 1 aliphatic rings. The predicted molar refractivity (Wildman–Crippen MR) is 43.5 cm³/mol. The van der Waals surface area contributed by atoms with Crippen molar-refractivity contribution in [3.05, 3.63) is 0 Å². The van der Waals surface area contributed by atoms with Crippen molar-refractivity contribution in [1.29, 1.82) is 0 Å². The zero-order valence-electron chi connectivity index (χ0n) is 7.12. The zero-order valence-corrected chi connectivity index (χ0v) is 7.12. The van der Waals surface area contributed by atoms with E-state index in [1.807, 2.05) is 0 Å². The van der Waals surface area contributed by atoms with Gasteiger partial charge in [-0.1, -0.05) is 11.8 Å². The maximum Gasteiger partial charge on any atom is 0.309 e. The third-order valence-electron chi connectivity index (χ3n) is 1.55. The molecule has 1 aliphatic carbocycles. The van der Waals surface area contributed by atoms with E-state index in [4.69, 9.17) is 4.74 Å². The second-order valence-corrected chi connectivity index (χ2v) is 2.64. The monoisotopic (exact) mass is 182 g/mol. The first-order valence-corrected chi connectivity index (χ1v) is 4.02. The van der Waals surface area contributed by atoms with Crippen LogP contribution in [-0.4, -0.2) is 25.7 Å². The lowest BCUT2D eigenvalue weighted by Gasteiger charge is -1.95. The van der Waals surface area contributed by atoms with E-state index < -0.39 is 0 Å². The van der Waals surface area contributed by atoms with E-state index in [0.29, 0.717) is 6.47 Å². The average molecular weight is 182 g/mol. The van der Waals surface area contributed by atoms with E-state index in [9.17, 15) is 9.59 Å². The summed E-state index contributed by atoms with van der Waals surface area (Å²) < 4.78 is 9.10. The van der Waals surface area contributed by atoms with Gasteiger partial charge in [0.25, 0.3) is 6.47 Å². The molecule has 0 saturated heterocycles. The molecule has 1 saturated carbocycles. The molecule has 1 fully saturated rings. The van der Waals surface area contributed by atoms with Crippen molar-refractivity contribution < 1.29 is 19.1 Å². The first kappa shape index (κ1) is 9.59. The molecule has 0 aromatic heterocycles. The van der Waals surface area contributed by atoms with Crippen LogP contribution in [0.2, 0.25) is 0 Å². The Labute approximate surface area is 76.2 Å². The van der Waals surface area contributed by atoms with E-state index >= 15 is 0 Å². The fourth-order valence-electron chi connectivity index (χ4n) is 0.722. The number of carbonyl (C=O) groups excluding carboxylic acids is 2. The fourth-order valence-corrected chi connectivity index (χ4v) is 0.722. The van der Waals surface area contributed by atoms with E-state index in [1.54, 1.807) is 0 Å². The van der Waals surface area contributed by atoms with Gasteiger partial charge in [0, 0.05) is 0 Å². The summed E-state index contributed by atoms with van der Waals surface area (Å²) in [7, 11) is 0. The standard InChI is InChI=1S/C9H10O4/c10-7-12-5-1-2-6-13-9(11)8-3-4-8/h7-8H,3-6H2. The van der Waals surface area contributed by atoms with Gasteiger partial charge in [-0.3, -0.25) is 9.59 Å². The summed E-state index contributed by atoms with van der Waals surface area (Å²) in [5.41, 5.74) is 0. The van der Waals surface area contributed by atoms with Crippen LogP contribution in [0, 0.1) is 17.8 Å². The second kappa shape index (κ2) is 5.20. The largest absolute Gasteiger partial charge is 0.455 e. The third kappa shape index (κ3) is 4.16. The Balaban J connectivity index is 2.00.